The molecule has 0 aromatic heterocycles. The summed E-state index contributed by atoms with van der Waals surface area (Å²) < 4.78 is 6.14. The van der Waals surface area contributed by atoms with E-state index >= 15 is 0 Å². The number of rotatable bonds is 2. The first kappa shape index (κ1) is 16.9. The van der Waals surface area contributed by atoms with E-state index in [-0.39, 0.29) is 17.1 Å². The minimum absolute atomic E-state index is 0.189. The number of carbonyl (C=O) groups excluding carboxylic acids is 2. The van der Waals surface area contributed by atoms with Crippen LogP contribution in [0, 0.1) is 11.3 Å². The van der Waals surface area contributed by atoms with Gasteiger partial charge < -0.3 is 4.74 Å². The quantitative estimate of drug-likeness (QED) is 0.421. The number of hydrogen-bond donors (Lipinski definition) is 0. The maximum absolute atomic E-state index is 13.3. The normalized spacial score (nSPS) is 12.2. The number of carbonyl (C=O) groups is 2. The smallest absolute Gasteiger partial charge is 0.198 e. The Hall–Kier alpha value is -4.23. The summed E-state index contributed by atoms with van der Waals surface area (Å²) in [6.45, 7) is 0. The number of ether oxygens (including phenoxy) is 1. The molecular weight excluding hydrogens is 362 g/mol. The molecule has 5 rings (SSSR count). The van der Waals surface area contributed by atoms with Gasteiger partial charge >= 0.3 is 0 Å². The lowest BCUT2D eigenvalue weighted by molar-refractivity contribution is 0.0977. The van der Waals surface area contributed by atoms with Gasteiger partial charge in [-0.2, -0.15) is 5.26 Å². The summed E-state index contributed by atoms with van der Waals surface area (Å²) in [6, 6.07) is 24.8. The van der Waals surface area contributed by atoms with E-state index in [2.05, 4.69) is 6.07 Å². The SMILES string of the molecule is N#Cc1ccc(Oc2c3c(cc4ccccc24)C(=O)c2ccccc2C3=O)cc1. The molecule has 0 saturated carbocycles. The van der Waals surface area contributed by atoms with Crippen LogP contribution in [0.4, 0.5) is 0 Å². The van der Waals surface area contributed by atoms with Crippen LogP contribution in [-0.2, 0) is 0 Å². The number of hydrogen-bond acceptors (Lipinski definition) is 4. The van der Waals surface area contributed by atoms with Crippen molar-refractivity contribution in [3.63, 3.8) is 0 Å². The number of nitrogens with zero attached hydrogens (tertiary/aromatic N) is 1. The molecule has 0 atom stereocenters. The van der Waals surface area contributed by atoms with Gasteiger partial charge in [-0.15, -0.1) is 0 Å². The summed E-state index contributed by atoms with van der Waals surface area (Å²) in [4.78, 5) is 26.5. The zero-order valence-corrected chi connectivity index (χ0v) is 15.2. The third kappa shape index (κ3) is 2.60. The van der Waals surface area contributed by atoms with E-state index in [4.69, 9.17) is 10.00 Å². The summed E-state index contributed by atoms with van der Waals surface area (Å²) >= 11 is 0. The summed E-state index contributed by atoms with van der Waals surface area (Å²) in [5.41, 5.74) is 1.92. The van der Waals surface area contributed by atoms with Crippen LogP contribution in [0.5, 0.6) is 11.5 Å². The first-order chi connectivity index (χ1) is 14.2. The van der Waals surface area contributed by atoms with Crippen molar-refractivity contribution in [1.29, 1.82) is 5.26 Å². The molecule has 0 bridgehead atoms. The van der Waals surface area contributed by atoms with Crippen LogP contribution >= 0.6 is 0 Å². The van der Waals surface area contributed by atoms with E-state index in [1.165, 1.54) is 0 Å². The zero-order valence-electron chi connectivity index (χ0n) is 15.2. The van der Waals surface area contributed by atoms with E-state index in [1.807, 2.05) is 24.3 Å². The second-order valence-electron chi connectivity index (χ2n) is 6.79. The maximum Gasteiger partial charge on any atom is 0.198 e. The lowest BCUT2D eigenvalue weighted by Crippen LogP contribution is -2.21. The molecule has 136 valence electrons. The molecule has 0 N–H and O–H groups in total. The van der Waals surface area contributed by atoms with E-state index < -0.39 is 0 Å². The van der Waals surface area contributed by atoms with Crippen LogP contribution in [0.1, 0.15) is 37.4 Å². The van der Waals surface area contributed by atoms with Crippen molar-refractivity contribution in [3.05, 3.63) is 107 Å². The van der Waals surface area contributed by atoms with Gasteiger partial charge in [0.1, 0.15) is 11.5 Å². The number of benzene rings is 4. The van der Waals surface area contributed by atoms with Crippen LogP contribution in [0.25, 0.3) is 10.8 Å². The molecule has 4 aromatic rings. The Morgan fingerprint density at radius 1 is 0.724 bits per heavy atom. The Morgan fingerprint density at radius 2 is 1.38 bits per heavy atom. The molecule has 0 amide bonds. The third-order valence-corrected chi connectivity index (χ3v) is 5.09. The average Bonchev–Trinajstić information content (AvgIpc) is 2.77. The molecule has 1 aliphatic carbocycles. The van der Waals surface area contributed by atoms with Gasteiger partial charge in [0.15, 0.2) is 11.6 Å². The van der Waals surface area contributed by atoms with Gasteiger partial charge in [0, 0.05) is 22.1 Å². The van der Waals surface area contributed by atoms with Gasteiger partial charge in [0.25, 0.3) is 0 Å². The van der Waals surface area contributed by atoms with Crippen LogP contribution in [0.2, 0.25) is 0 Å². The monoisotopic (exact) mass is 375 g/mol. The van der Waals surface area contributed by atoms with Gasteiger partial charge in [-0.05, 0) is 35.7 Å². The van der Waals surface area contributed by atoms with E-state index in [1.54, 1.807) is 54.6 Å². The van der Waals surface area contributed by atoms with Gasteiger partial charge in [-0.25, -0.2) is 0 Å². The molecule has 29 heavy (non-hydrogen) atoms. The lowest BCUT2D eigenvalue weighted by atomic mass is 9.82. The van der Waals surface area contributed by atoms with E-state index in [9.17, 15) is 9.59 Å². The highest BCUT2D eigenvalue weighted by atomic mass is 16.5. The molecule has 1 aliphatic rings. The minimum atomic E-state index is -0.232. The first-order valence-electron chi connectivity index (χ1n) is 9.09. The van der Waals surface area contributed by atoms with Gasteiger partial charge in [0.05, 0.1) is 17.2 Å². The topological polar surface area (TPSA) is 67.2 Å². The molecule has 0 saturated heterocycles. The zero-order chi connectivity index (χ0) is 20.0. The minimum Gasteiger partial charge on any atom is -0.456 e. The van der Waals surface area contributed by atoms with Crippen LogP contribution in [0.3, 0.4) is 0 Å². The van der Waals surface area contributed by atoms with Crippen molar-refractivity contribution in [2.45, 2.75) is 0 Å². The van der Waals surface area contributed by atoms with Crippen molar-refractivity contribution in [1.82, 2.24) is 0 Å². The average molecular weight is 375 g/mol. The standard InChI is InChI=1S/C25H13NO3/c26-14-15-9-11-17(12-10-15)29-25-18-6-2-1-5-16(18)13-21-22(25)24(28)20-8-4-3-7-19(20)23(21)27/h1-13H. The number of nitriles is 1. The fraction of sp³-hybridized carbons (Fsp3) is 0. The molecule has 4 aromatic carbocycles. The maximum atomic E-state index is 13.3. The Kier molecular flexibility index (Phi) is 3.75. The second kappa shape index (κ2) is 6.43. The molecule has 0 aliphatic heterocycles. The summed E-state index contributed by atoms with van der Waals surface area (Å²) in [6.07, 6.45) is 0. The largest absolute Gasteiger partial charge is 0.456 e. The molecule has 0 unspecified atom stereocenters. The van der Waals surface area contributed by atoms with Crippen molar-refractivity contribution in [2.24, 2.45) is 0 Å². The highest BCUT2D eigenvalue weighted by molar-refractivity contribution is 6.31. The molecule has 4 nitrogen and oxygen atoms in total. The van der Waals surface area contributed by atoms with Crippen LogP contribution in [-0.4, -0.2) is 11.6 Å². The molecule has 0 fully saturated rings. The second-order valence-corrected chi connectivity index (χ2v) is 6.79. The summed E-state index contributed by atoms with van der Waals surface area (Å²) in [5, 5.41) is 10.6. The molecule has 4 heteroatoms. The molecule has 0 radical (unpaired) electrons. The summed E-state index contributed by atoms with van der Waals surface area (Å²) in [5.74, 6) is 0.424. The Balaban J connectivity index is 1.77. The van der Waals surface area contributed by atoms with Gasteiger partial charge in [-0.3, -0.25) is 9.59 Å². The number of fused-ring (bicyclic) bond motifs is 3. The van der Waals surface area contributed by atoms with Crippen molar-refractivity contribution in [3.8, 4) is 17.6 Å². The molecule has 0 spiro atoms. The first-order valence-corrected chi connectivity index (χ1v) is 9.09. The lowest BCUT2D eigenvalue weighted by Gasteiger charge is -2.22. The fourth-order valence-electron chi connectivity index (χ4n) is 3.70. The van der Waals surface area contributed by atoms with E-state index in [0.717, 1.165) is 10.8 Å². The molecule has 0 heterocycles. The highest BCUT2D eigenvalue weighted by Gasteiger charge is 2.33. The fourth-order valence-corrected chi connectivity index (χ4v) is 3.70. The highest BCUT2D eigenvalue weighted by Crippen LogP contribution is 2.40. The van der Waals surface area contributed by atoms with Crippen LogP contribution in [0.15, 0.2) is 78.9 Å². The Bertz CT molecular complexity index is 1360. The van der Waals surface area contributed by atoms with Gasteiger partial charge in [0.2, 0.25) is 0 Å². The van der Waals surface area contributed by atoms with Gasteiger partial charge in [-0.1, -0.05) is 48.5 Å². The van der Waals surface area contributed by atoms with E-state index in [0.29, 0.717) is 33.8 Å². The van der Waals surface area contributed by atoms with Crippen molar-refractivity contribution < 1.29 is 14.3 Å². The Labute approximate surface area is 166 Å². The number of ketones is 2. The Morgan fingerprint density at radius 3 is 2.10 bits per heavy atom. The van der Waals surface area contributed by atoms with Crippen molar-refractivity contribution in [2.75, 3.05) is 0 Å². The van der Waals surface area contributed by atoms with Crippen molar-refractivity contribution >= 4 is 22.3 Å². The predicted octanol–water partition coefficient (Wildman–Crippen LogP) is 5.28. The summed E-state index contributed by atoms with van der Waals surface area (Å²) in [7, 11) is 0. The third-order valence-electron chi connectivity index (χ3n) is 5.09. The predicted molar refractivity (Wildman–Crippen MR) is 108 cm³/mol. The van der Waals surface area contributed by atoms with Crippen LogP contribution < -0.4 is 4.74 Å². The molecular formula is C25H13NO3.